The zero-order valence-electron chi connectivity index (χ0n) is 12.7. The maximum atomic E-state index is 12.1. The van der Waals surface area contributed by atoms with Gasteiger partial charge < -0.3 is 10.1 Å². The van der Waals surface area contributed by atoms with E-state index in [4.69, 9.17) is 4.74 Å². The molecule has 22 heavy (non-hydrogen) atoms. The molecule has 0 unspecified atom stereocenters. The van der Waals surface area contributed by atoms with Gasteiger partial charge in [-0.3, -0.25) is 14.9 Å². The summed E-state index contributed by atoms with van der Waals surface area (Å²) in [5.74, 6) is 1.35. The molecule has 116 valence electrons. The van der Waals surface area contributed by atoms with Gasteiger partial charge in [0.2, 0.25) is 0 Å². The molecule has 0 saturated carbocycles. The van der Waals surface area contributed by atoms with Crippen LogP contribution in [0.5, 0.6) is 0 Å². The summed E-state index contributed by atoms with van der Waals surface area (Å²) >= 11 is 0. The monoisotopic (exact) mass is 301 g/mol. The molecule has 7 heteroatoms. The second-order valence-electron chi connectivity index (χ2n) is 5.45. The summed E-state index contributed by atoms with van der Waals surface area (Å²) in [7, 11) is 0. The Balaban J connectivity index is 1.53. The van der Waals surface area contributed by atoms with Gasteiger partial charge in [-0.15, -0.1) is 0 Å². The van der Waals surface area contributed by atoms with E-state index in [1.165, 1.54) is 0 Å². The number of H-pyrrole nitrogens is 1. The fraction of sp³-hybridized carbons (Fsp3) is 0.467. The van der Waals surface area contributed by atoms with Gasteiger partial charge in [-0.2, -0.15) is 5.10 Å². The van der Waals surface area contributed by atoms with E-state index in [0.717, 1.165) is 24.4 Å². The van der Waals surface area contributed by atoms with Crippen molar-refractivity contribution in [3.63, 3.8) is 0 Å². The summed E-state index contributed by atoms with van der Waals surface area (Å²) in [5, 5.41) is 9.86. The number of aryl methyl sites for hydroxylation is 2. The van der Waals surface area contributed by atoms with E-state index in [1.54, 1.807) is 18.3 Å². The average molecular weight is 301 g/mol. The predicted octanol–water partition coefficient (Wildman–Crippen LogP) is 1.47. The van der Waals surface area contributed by atoms with Crippen LogP contribution >= 0.6 is 0 Å². The van der Waals surface area contributed by atoms with Crippen LogP contribution in [0.1, 0.15) is 46.6 Å². The Kier molecular flexibility index (Phi) is 4.15. The second kappa shape index (κ2) is 6.23. The van der Waals surface area contributed by atoms with Crippen LogP contribution in [-0.2, 0) is 4.74 Å². The van der Waals surface area contributed by atoms with E-state index >= 15 is 0 Å². The first-order valence-corrected chi connectivity index (χ1v) is 7.37. The lowest BCUT2D eigenvalue weighted by Gasteiger charge is -2.13. The van der Waals surface area contributed by atoms with E-state index in [2.05, 4.69) is 25.5 Å². The van der Waals surface area contributed by atoms with Gasteiger partial charge in [0, 0.05) is 18.4 Å². The molecule has 0 radical (unpaired) electrons. The molecule has 7 nitrogen and oxygen atoms in total. The van der Waals surface area contributed by atoms with E-state index in [1.807, 2.05) is 13.8 Å². The topological polar surface area (TPSA) is 92.8 Å². The first kappa shape index (κ1) is 14.6. The molecule has 0 spiro atoms. The average Bonchev–Trinajstić information content (AvgIpc) is 3.14. The number of nitrogens with one attached hydrogen (secondary N) is 2. The number of carbonyl (C=O) groups excluding carboxylic acids is 1. The minimum Gasteiger partial charge on any atom is -0.365 e. The largest absolute Gasteiger partial charge is 0.365 e. The Morgan fingerprint density at radius 3 is 3.05 bits per heavy atom. The Labute approximate surface area is 128 Å². The van der Waals surface area contributed by atoms with Crippen molar-refractivity contribution in [1.29, 1.82) is 0 Å². The van der Waals surface area contributed by atoms with Crippen LogP contribution in [0, 0.1) is 13.8 Å². The number of hydrogen-bond donors (Lipinski definition) is 2. The minimum absolute atomic E-state index is 0.00951. The Morgan fingerprint density at radius 2 is 2.32 bits per heavy atom. The summed E-state index contributed by atoms with van der Waals surface area (Å²) < 4.78 is 5.90. The molecule has 2 N–H and O–H groups in total. The molecule has 0 aromatic carbocycles. The maximum absolute atomic E-state index is 12.1. The number of hydrogen-bond acceptors (Lipinski definition) is 5. The molecule has 3 heterocycles. The van der Waals surface area contributed by atoms with Crippen LogP contribution in [-0.4, -0.2) is 38.7 Å². The molecular weight excluding hydrogens is 282 g/mol. The fourth-order valence-electron chi connectivity index (χ4n) is 2.58. The molecule has 1 fully saturated rings. The Bertz CT molecular complexity index is 669. The summed E-state index contributed by atoms with van der Waals surface area (Å²) in [6.45, 7) is 4.16. The standard InChI is InChI=1S/C15H19N5O2/c1-9-12(4-3-7-16-9)15(21)17-8-11-5-6-13(22-11)14-18-10(2)19-20-14/h3-4,7,11,13H,5-6,8H2,1-2H3,(H,17,21)(H,18,19,20)/t11-,13+/m1/s1. The first-order valence-electron chi connectivity index (χ1n) is 7.37. The number of pyridine rings is 1. The molecule has 2 aromatic rings. The molecular formula is C15H19N5O2. The van der Waals surface area contributed by atoms with Crippen molar-refractivity contribution in [2.45, 2.75) is 38.9 Å². The van der Waals surface area contributed by atoms with Crippen LogP contribution in [0.25, 0.3) is 0 Å². The van der Waals surface area contributed by atoms with Crippen LogP contribution in [0.4, 0.5) is 0 Å². The molecule has 3 rings (SSSR count). The van der Waals surface area contributed by atoms with Crippen LogP contribution < -0.4 is 5.32 Å². The molecule has 2 atom stereocenters. The number of aromatic amines is 1. The molecule has 0 aliphatic carbocycles. The van der Waals surface area contributed by atoms with E-state index < -0.39 is 0 Å². The van der Waals surface area contributed by atoms with Crippen LogP contribution in [0.15, 0.2) is 18.3 Å². The van der Waals surface area contributed by atoms with Crippen molar-refractivity contribution in [2.24, 2.45) is 0 Å². The lowest BCUT2D eigenvalue weighted by molar-refractivity contribution is 0.0392. The fourth-order valence-corrected chi connectivity index (χ4v) is 2.58. The highest BCUT2D eigenvalue weighted by Gasteiger charge is 2.29. The van der Waals surface area contributed by atoms with Crippen LogP contribution in [0.3, 0.4) is 0 Å². The van der Waals surface area contributed by atoms with Crippen LogP contribution in [0.2, 0.25) is 0 Å². The second-order valence-corrected chi connectivity index (χ2v) is 5.45. The number of nitrogens with zero attached hydrogens (tertiary/aromatic N) is 3. The molecule has 0 bridgehead atoms. The Hall–Kier alpha value is -2.28. The first-order chi connectivity index (χ1) is 10.6. The zero-order valence-corrected chi connectivity index (χ0v) is 12.7. The maximum Gasteiger partial charge on any atom is 0.253 e. The minimum atomic E-state index is -0.119. The molecule has 1 saturated heterocycles. The summed E-state index contributed by atoms with van der Waals surface area (Å²) in [6.07, 6.45) is 3.32. The van der Waals surface area contributed by atoms with E-state index in [9.17, 15) is 4.79 Å². The molecule has 1 aliphatic rings. The van der Waals surface area contributed by atoms with Gasteiger partial charge in [-0.1, -0.05) is 0 Å². The zero-order chi connectivity index (χ0) is 15.5. The van der Waals surface area contributed by atoms with Gasteiger partial charge in [0.15, 0.2) is 5.82 Å². The smallest absolute Gasteiger partial charge is 0.253 e. The molecule has 1 aliphatic heterocycles. The third-order valence-electron chi connectivity index (χ3n) is 3.75. The molecule has 2 aromatic heterocycles. The SMILES string of the molecule is Cc1nc([C@@H]2CC[C@H](CNC(=O)c3cccnc3C)O2)n[nH]1. The highest BCUT2D eigenvalue weighted by atomic mass is 16.5. The normalized spacial score (nSPS) is 21.0. The van der Waals surface area contributed by atoms with Crippen molar-refractivity contribution in [2.75, 3.05) is 6.54 Å². The van der Waals surface area contributed by atoms with Gasteiger partial charge in [0.05, 0.1) is 11.7 Å². The number of aromatic nitrogens is 4. The van der Waals surface area contributed by atoms with Crippen molar-refractivity contribution < 1.29 is 9.53 Å². The summed E-state index contributed by atoms with van der Waals surface area (Å²) in [5.41, 5.74) is 1.32. The van der Waals surface area contributed by atoms with Gasteiger partial charge in [-0.05, 0) is 38.8 Å². The number of rotatable bonds is 4. The van der Waals surface area contributed by atoms with Crippen molar-refractivity contribution in [3.05, 3.63) is 41.2 Å². The molecule has 1 amide bonds. The Morgan fingerprint density at radius 1 is 1.45 bits per heavy atom. The number of carbonyl (C=O) groups is 1. The summed E-state index contributed by atoms with van der Waals surface area (Å²) in [4.78, 5) is 20.6. The highest BCUT2D eigenvalue weighted by Crippen LogP contribution is 2.30. The lowest BCUT2D eigenvalue weighted by atomic mass is 10.1. The van der Waals surface area contributed by atoms with Crippen molar-refractivity contribution in [3.8, 4) is 0 Å². The van der Waals surface area contributed by atoms with Crippen molar-refractivity contribution >= 4 is 5.91 Å². The lowest BCUT2D eigenvalue weighted by Crippen LogP contribution is -2.32. The highest BCUT2D eigenvalue weighted by molar-refractivity contribution is 5.95. The van der Waals surface area contributed by atoms with Crippen molar-refractivity contribution in [1.82, 2.24) is 25.5 Å². The number of ether oxygens (including phenoxy) is 1. The van der Waals surface area contributed by atoms with E-state index in [0.29, 0.717) is 17.9 Å². The van der Waals surface area contributed by atoms with Gasteiger partial charge in [0.1, 0.15) is 11.9 Å². The van der Waals surface area contributed by atoms with Gasteiger partial charge in [0.25, 0.3) is 5.91 Å². The summed E-state index contributed by atoms with van der Waals surface area (Å²) in [6, 6.07) is 3.53. The van der Waals surface area contributed by atoms with Gasteiger partial charge in [-0.25, -0.2) is 4.98 Å². The number of amides is 1. The predicted molar refractivity (Wildman–Crippen MR) is 79.3 cm³/mol. The van der Waals surface area contributed by atoms with E-state index in [-0.39, 0.29) is 18.1 Å². The van der Waals surface area contributed by atoms with Gasteiger partial charge >= 0.3 is 0 Å². The third-order valence-corrected chi connectivity index (χ3v) is 3.75. The third kappa shape index (κ3) is 3.14. The quantitative estimate of drug-likeness (QED) is 0.892.